The number of benzene rings is 1. The fourth-order valence-corrected chi connectivity index (χ4v) is 1.66. The Labute approximate surface area is 115 Å². The molecule has 0 heterocycles. The van der Waals surface area contributed by atoms with E-state index >= 15 is 0 Å². The molecule has 96 valence electrons. The Bertz CT molecular complexity index is 507. The monoisotopic (exact) mass is 286 g/mol. The Hall–Kier alpha value is -1.32. The van der Waals surface area contributed by atoms with Crippen molar-refractivity contribution < 1.29 is 14.3 Å². The molecule has 3 nitrogen and oxygen atoms in total. The maximum Gasteiger partial charge on any atom is 0.341 e. The van der Waals surface area contributed by atoms with Gasteiger partial charge in [0.05, 0.1) is 16.7 Å². The fraction of sp³-hybridized carbons (Fsp3) is 0.231. The van der Waals surface area contributed by atoms with E-state index in [1.165, 1.54) is 13.0 Å². The van der Waals surface area contributed by atoms with Crippen LogP contribution in [0.4, 0.5) is 0 Å². The molecule has 0 atom stereocenters. The van der Waals surface area contributed by atoms with Crippen LogP contribution < -0.4 is 0 Å². The zero-order valence-corrected chi connectivity index (χ0v) is 11.5. The van der Waals surface area contributed by atoms with Gasteiger partial charge in [-0.15, -0.1) is 0 Å². The molecule has 0 N–H and O–H groups in total. The Morgan fingerprint density at radius 3 is 2.56 bits per heavy atom. The highest BCUT2D eigenvalue weighted by atomic mass is 35.5. The highest BCUT2D eigenvalue weighted by Gasteiger charge is 2.16. The quantitative estimate of drug-likeness (QED) is 0.368. The fourth-order valence-electron chi connectivity index (χ4n) is 1.30. The van der Waals surface area contributed by atoms with Gasteiger partial charge in [-0.05, 0) is 31.6 Å². The van der Waals surface area contributed by atoms with Gasteiger partial charge in [0, 0.05) is 0 Å². The van der Waals surface area contributed by atoms with E-state index in [-0.39, 0.29) is 18.0 Å². The van der Waals surface area contributed by atoms with Crippen LogP contribution >= 0.6 is 23.2 Å². The zero-order chi connectivity index (χ0) is 13.7. The number of rotatable bonds is 4. The van der Waals surface area contributed by atoms with Gasteiger partial charge in [-0.25, -0.2) is 4.79 Å². The largest absolute Gasteiger partial charge is 0.462 e. The number of esters is 1. The number of ketones is 1. The molecule has 18 heavy (non-hydrogen) atoms. The van der Waals surface area contributed by atoms with Crippen LogP contribution in [0.25, 0.3) is 6.08 Å². The summed E-state index contributed by atoms with van der Waals surface area (Å²) in [6.07, 6.45) is 1.38. The highest BCUT2D eigenvalue weighted by molar-refractivity contribution is 6.43. The minimum absolute atomic E-state index is 0.0546. The Morgan fingerprint density at radius 1 is 1.33 bits per heavy atom. The van der Waals surface area contributed by atoms with E-state index < -0.39 is 5.97 Å². The normalized spacial score (nSPS) is 11.2. The topological polar surface area (TPSA) is 43.4 Å². The average Bonchev–Trinajstić information content (AvgIpc) is 2.30. The summed E-state index contributed by atoms with van der Waals surface area (Å²) >= 11 is 11.8. The molecule has 5 heteroatoms. The molecule has 0 spiro atoms. The van der Waals surface area contributed by atoms with E-state index in [4.69, 9.17) is 27.9 Å². The van der Waals surface area contributed by atoms with Crippen molar-refractivity contribution in [1.29, 1.82) is 0 Å². The van der Waals surface area contributed by atoms with Gasteiger partial charge in [0.2, 0.25) is 0 Å². The molecular weight excluding hydrogens is 275 g/mol. The second-order valence-electron chi connectivity index (χ2n) is 3.48. The van der Waals surface area contributed by atoms with Crippen LogP contribution in [0.1, 0.15) is 19.4 Å². The standard InChI is InChI=1S/C13H12Cl2O3/c1-3-18-13(17)10(8(2)16)7-9-5-4-6-11(14)12(9)15/h4-7H,3H2,1-2H3/b10-7-. The summed E-state index contributed by atoms with van der Waals surface area (Å²) in [7, 11) is 0. The second kappa shape index (κ2) is 6.57. The van der Waals surface area contributed by atoms with Crippen LogP contribution in [-0.2, 0) is 14.3 Å². The average molecular weight is 287 g/mol. The molecule has 0 saturated carbocycles. The lowest BCUT2D eigenvalue weighted by Gasteiger charge is -2.05. The van der Waals surface area contributed by atoms with Gasteiger partial charge < -0.3 is 4.74 Å². The molecule has 0 fully saturated rings. The second-order valence-corrected chi connectivity index (χ2v) is 4.26. The summed E-state index contributed by atoms with van der Waals surface area (Å²) < 4.78 is 4.80. The van der Waals surface area contributed by atoms with Crippen LogP contribution in [0.3, 0.4) is 0 Å². The number of carbonyl (C=O) groups excluding carboxylic acids is 2. The van der Waals surface area contributed by atoms with Crippen molar-refractivity contribution in [1.82, 2.24) is 0 Å². The number of ether oxygens (including phenoxy) is 1. The third kappa shape index (κ3) is 3.59. The number of Topliss-reactive ketones (excluding diaryl/α,β-unsaturated/α-hetero) is 1. The molecule has 1 rings (SSSR count). The minimum atomic E-state index is -0.666. The van der Waals surface area contributed by atoms with E-state index in [2.05, 4.69) is 0 Å². The summed E-state index contributed by atoms with van der Waals surface area (Å²) in [4.78, 5) is 23.0. The van der Waals surface area contributed by atoms with Crippen molar-refractivity contribution in [2.45, 2.75) is 13.8 Å². The van der Waals surface area contributed by atoms with Crippen LogP contribution in [0.5, 0.6) is 0 Å². The van der Waals surface area contributed by atoms with Gasteiger partial charge in [-0.1, -0.05) is 35.3 Å². The Kier molecular flexibility index (Phi) is 5.38. The molecule has 0 aliphatic rings. The number of hydrogen-bond donors (Lipinski definition) is 0. The molecule has 0 aliphatic heterocycles. The maximum absolute atomic E-state index is 11.6. The number of hydrogen-bond acceptors (Lipinski definition) is 3. The van der Waals surface area contributed by atoms with Crippen LogP contribution in [0, 0.1) is 0 Å². The molecule has 0 bridgehead atoms. The first kappa shape index (κ1) is 14.7. The SMILES string of the molecule is CCOC(=O)/C(=C\c1cccc(Cl)c1Cl)C(C)=O. The van der Waals surface area contributed by atoms with Crippen molar-refractivity contribution >= 4 is 41.0 Å². The molecule has 0 amide bonds. The van der Waals surface area contributed by atoms with Crippen molar-refractivity contribution in [3.05, 3.63) is 39.4 Å². The third-order valence-corrected chi connectivity index (χ3v) is 2.99. The summed E-state index contributed by atoms with van der Waals surface area (Å²) in [5.74, 6) is -1.05. The first-order valence-corrected chi connectivity index (χ1v) is 6.06. The van der Waals surface area contributed by atoms with Gasteiger partial charge in [-0.3, -0.25) is 4.79 Å². The van der Waals surface area contributed by atoms with Crippen LogP contribution in [0.2, 0.25) is 10.0 Å². The van der Waals surface area contributed by atoms with E-state index in [1.54, 1.807) is 25.1 Å². The molecule has 1 aromatic rings. The van der Waals surface area contributed by atoms with E-state index in [9.17, 15) is 9.59 Å². The van der Waals surface area contributed by atoms with Gasteiger partial charge in [0.25, 0.3) is 0 Å². The molecule has 0 aromatic heterocycles. The Morgan fingerprint density at radius 2 is 2.00 bits per heavy atom. The number of halogens is 2. The minimum Gasteiger partial charge on any atom is -0.462 e. The number of carbonyl (C=O) groups is 2. The lowest BCUT2D eigenvalue weighted by molar-refractivity contribution is -0.139. The highest BCUT2D eigenvalue weighted by Crippen LogP contribution is 2.27. The van der Waals surface area contributed by atoms with Crippen LogP contribution in [-0.4, -0.2) is 18.4 Å². The lowest BCUT2D eigenvalue weighted by Crippen LogP contribution is -2.13. The van der Waals surface area contributed by atoms with Gasteiger partial charge in [0.1, 0.15) is 5.57 Å². The van der Waals surface area contributed by atoms with E-state index in [0.29, 0.717) is 15.6 Å². The van der Waals surface area contributed by atoms with Crippen LogP contribution in [0.15, 0.2) is 23.8 Å². The van der Waals surface area contributed by atoms with Crippen molar-refractivity contribution in [3.8, 4) is 0 Å². The molecule has 0 aliphatic carbocycles. The van der Waals surface area contributed by atoms with E-state index in [0.717, 1.165) is 0 Å². The third-order valence-electron chi connectivity index (χ3n) is 2.16. The first-order valence-electron chi connectivity index (χ1n) is 5.31. The lowest BCUT2D eigenvalue weighted by atomic mass is 10.1. The van der Waals surface area contributed by atoms with Gasteiger partial charge in [0.15, 0.2) is 5.78 Å². The summed E-state index contributed by atoms with van der Waals surface area (Å²) in [5.41, 5.74) is 0.448. The predicted molar refractivity (Wildman–Crippen MR) is 71.8 cm³/mol. The van der Waals surface area contributed by atoms with Crippen molar-refractivity contribution in [2.24, 2.45) is 0 Å². The smallest absolute Gasteiger partial charge is 0.341 e. The zero-order valence-electron chi connectivity index (χ0n) is 10.00. The first-order chi connectivity index (χ1) is 8.47. The molecular formula is C13H12Cl2O3. The maximum atomic E-state index is 11.6. The van der Waals surface area contributed by atoms with Crippen molar-refractivity contribution in [2.75, 3.05) is 6.61 Å². The predicted octanol–water partition coefficient (Wildman–Crippen LogP) is 3.53. The Balaban J connectivity index is 3.21. The molecule has 1 aromatic carbocycles. The molecule has 0 radical (unpaired) electrons. The van der Waals surface area contributed by atoms with E-state index in [1.807, 2.05) is 0 Å². The summed E-state index contributed by atoms with van der Waals surface area (Å²) in [5, 5.41) is 0.652. The van der Waals surface area contributed by atoms with Gasteiger partial charge >= 0.3 is 5.97 Å². The molecule has 0 unspecified atom stereocenters. The summed E-state index contributed by atoms with van der Waals surface area (Å²) in [6.45, 7) is 3.16. The van der Waals surface area contributed by atoms with Crippen molar-refractivity contribution in [3.63, 3.8) is 0 Å². The summed E-state index contributed by atoms with van der Waals surface area (Å²) in [6, 6.07) is 4.97. The molecule has 0 saturated heterocycles. The van der Waals surface area contributed by atoms with Gasteiger partial charge in [-0.2, -0.15) is 0 Å².